The fourth-order valence-electron chi connectivity index (χ4n) is 1.19. The van der Waals surface area contributed by atoms with E-state index in [-0.39, 0.29) is 10.1 Å². The number of halogens is 3. The number of benzene rings is 1. The van der Waals surface area contributed by atoms with Crippen molar-refractivity contribution < 1.29 is 17.2 Å². The van der Waals surface area contributed by atoms with Crippen molar-refractivity contribution in [2.24, 2.45) is 0 Å². The second kappa shape index (κ2) is 3.47. The SMILES string of the molecule is O=S(=O)(Cl)c1oc2c(F)cccc2c1Br. The van der Waals surface area contributed by atoms with Crippen molar-refractivity contribution in [2.75, 3.05) is 0 Å². The molecule has 0 N–H and O–H groups in total. The Morgan fingerprint density at radius 3 is 2.60 bits per heavy atom. The molecule has 0 atom stereocenters. The molecule has 1 aromatic carbocycles. The molecule has 0 aliphatic carbocycles. The maximum absolute atomic E-state index is 13.2. The highest BCUT2D eigenvalue weighted by Gasteiger charge is 2.23. The molecule has 0 saturated carbocycles. The third-order valence-electron chi connectivity index (χ3n) is 1.80. The molecule has 2 rings (SSSR count). The molecule has 0 fully saturated rings. The van der Waals surface area contributed by atoms with Crippen LogP contribution < -0.4 is 0 Å². The molecule has 15 heavy (non-hydrogen) atoms. The first kappa shape index (κ1) is 10.9. The lowest BCUT2D eigenvalue weighted by atomic mass is 10.2. The molecule has 0 radical (unpaired) electrons. The molecule has 0 aliphatic rings. The van der Waals surface area contributed by atoms with Gasteiger partial charge in [-0.05, 0) is 28.1 Å². The Hall–Kier alpha value is -0.590. The molecule has 1 aromatic heterocycles. The minimum atomic E-state index is -4.02. The van der Waals surface area contributed by atoms with E-state index in [9.17, 15) is 12.8 Å². The van der Waals surface area contributed by atoms with E-state index in [2.05, 4.69) is 15.9 Å². The van der Waals surface area contributed by atoms with Crippen LogP contribution in [0.15, 0.2) is 32.2 Å². The van der Waals surface area contributed by atoms with E-state index >= 15 is 0 Å². The summed E-state index contributed by atoms with van der Waals surface area (Å²) in [5.74, 6) is -0.639. The minimum absolute atomic E-state index is 0.131. The van der Waals surface area contributed by atoms with Crippen molar-refractivity contribution in [1.29, 1.82) is 0 Å². The van der Waals surface area contributed by atoms with Crippen molar-refractivity contribution in [1.82, 2.24) is 0 Å². The van der Waals surface area contributed by atoms with Gasteiger partial charge >= 0.3 is 0 Å². The van der Waals surface area contributed by atoms with E-state index in [1.54, 1.807) is 0 Å². The van der Waals surface area contributed by atoms with Crippen LogP contribution in [-0.4, -0.2) is 8.42 Å². The summed E-state index contributed by atoms with van der Waals surface area (Å²) in [4.78, 5) is 0. The first-order chi connectivity index (χ1) is 6.91. The van der Waals surface area contributed by atoms with Gasteiger partial charge in [-0.2, -0.15) is 0 Å². The topological polar surface area (TPSA) is 47.3 Å². The van der Waals surface area contributed by atoms with Crippen LogP contribution in [0, 0.1) is 5.82 Å². The standard InChI is InChI=1S/C8H3BrClFO3S/c9-6-4-2-1-3-5(11)7(4)14-8(6)15(10,12)13/h1-3H. The molecular weight excluding hydrogens is 311 g/mol. The smallest absolute Gasteiger partial charge is 0.295 e. The molecule has 7 heteroatoms. The molecule has 3 nitrogen and oxygen atoms in total. The fourth-order valence-corrected chi connectivity index (χ4v) is 3.33. The van der Waals surface area contributed by atoms with Crippen LogP contribution >= 0.6 is 26.6 Å². The van der Waals surface area contributed by atoms with E-state index < -0.39 is 20.0 Å². The summed E-state index contributed by atoms with van der Waals surface area (Å²) < 4.78 is 40.3. The van der Waals surface area contributed by atoms with Crippen molar-refractivity contribution in [3.05, 3.63) is 28.5 Å². The van der Waals surface area contributed by atoms with Crippen LogP contribution in [0.1, 0.15) is 0 Å². The second-order valence-corrected chi connectivity index (χ2v) is 6.02. The average molecular weight is 314 g/mol. The summed E-state index contributed by atoms with van der Waals surface area (Å²) in [5.41, 5.74) is -0.136. The normalized spacial score (nSPS) is 12.2. The zero-order valence-corrected chi connectivity index (χ0v) is 10.2. The summed E-state index contributed by atoms with van der Waals surface area (Å²) in [6, 6.07) is 4.14. The third kappa shape index (κ3) is 1.77. The molecule has 0 amide bonds. The van der Waals surface area contributed by atoms with Gasteiger partial charge in [-0.25, -0.2) is 12.8 Å². The minimum Gasteiger partial charge on any atom is -0.439 e. The maximum atomic E-state index is 13.2. The van der Waals surface area contributed by atoms with Gasteiger partial charge in [-0.1, -0.05) is 6.07 Å². The summed E-state index contributed by atoms with van der Waals surface area (Å²) in [6.45, 7) is 0. The predicted molar refractivity (Wildman–Crippen MR) is 56.9 cm³/mol. The van der Waals surface area contributed by atoms with Crippen molar-refractivity contribution in [3.63, 3.8) is 0 Å². The van der Waals surface area contributed by atoms with Gasteiger partial charge in [0.15, 0.2) is 11.4 Å². The van der Waals surface area contributed by atoms with E-state index in [0.717, 1.165) is 0 Å². The first-order valence-corrected chi connectivity index (χ1v) is 6.82. The molecule has 0 saturated heterocycles. The molecule has 0 aliphatic heterocycles. The monoisotopic (exact) mass is 312 g/mol. The van der Waals surface area contributed by atoms with Gasteiger partial charge in [0, 0.05) is 16.1 Å². The lowest BCUT2D eigenvalue weighted by Gasteiger charge is -1.88. The Morgan fingerprint density at radius 1 is 1.40 bits per heavy atom. The van der Waals surface area contributed by atoms with Crippen molar-refractivity contribution in [3.8, 4) is 0 Å². The van der Waals surface area contributed by atoms with E-state index in [4.69, 9.17) is 15.1 Å². The molecule has 0 spiro atoms. The summed E-state index contributed by atoms with van der Waals surface area (Å²) in [5, 5.41) is -0.154. The second-order valence-electron chi connectivity index (χ2n) is 2.76. The zero-order chi connectivity index (χ0) is 11.2. The van der Waals surface area contributed by atoms with Crippen LogP contribution in [0.25, 0.3) is 11.0 Å². The molecule has 0 unspecified atom stereocenters. The van der Waals surface area contributed by atoms with Crippen molar-refractivity contribution >= 4 is 46.6 Å². The van der Waals surface area contributed by atoms with Gasteiger partial charge in [-0.15, -0.1) is 0 Å². The number of para-hydroxylation sites is 1. The lowest BCUT2D eigenvalue weighted by Crippen LogP contribution is -1.87. The number of furan rings is 1. The Bertz CT molecular complexity index is 635. The predicted octanol–water partition coefficient (Wildman–Crippen LogP) is 3.26. The van der Waals surface area contributed by atoms with E-state index in [0.29, 0.717) is 5.39 Å². The van der Waals surface area contributed by atoms with Gasteiger partial charge in [0.25, 0.3) is 9.05 Å². The fraction of sp³-hybridized carbons (Fsp3) is 0. The van der Waals surface area contributed by atoms with Gasteiger partial charge in [0.05, 0.1) is 4.47 Å². The van der Waals surface area contributed by atoms with Gasteiger partial charge in [0.1, 0.15) is 0 Å². The highest BCUT2D eigenvalue weighted by atomic mass is 79.9. The Balaban J connectivity index is 2.93. The number of hydrogen-bond acceptors (Lipinski definition) is 3. The van der Waals surface area contributed by atoms with Gasteiger partial charge in [-0.3, -0.25) is 0 Å². The molecule has 80 valence electrons. The van der Waals surface area contributed by atoms with E-state index in [1.165, 1.54) is 18.2 Å². The molecule has 2 aromatic rings. The molecule has 0 bridgehead atoms. The highest BCUT2D eigenvalue weighted by molar-refractivity contribution is 9.10. The summed E-state index contributed by atoms with van der Waals surface area (Å²) in [7, 11) is 1.09. The third-order valence-corrected chi connectivity index (χ3v) is 4.00. The Morgan fingerprint density at radius 2 is 2.07 bits per heavy atom. The first-order valence-electron chi connectivity index (χ1n) is 3.72. The largest absolute Gasteiger partial charge is 0.439 e. The van der Waals surface area contributed by atoms with E-state index in [1.807, 2.05) is 0 Å². The quantitative estimate of drug-likeness (QED) is 0.759. The van der Waals surface area contributed by atoms with Crippen LogP contribution in [0.4, 0.5) is 4.39 Å². The van der Waals surface area contributed by atoms with Crippen molar-refractivity contribution in [2.45, 2.75) is 5.09 Å². The average Bonchev–Trinajstić information content (AvgIpc) is 2.45. The molecular formula is C8H3BrClFO3S. The number of fused-ring (bicyclic) bond motifs is 1. The zero-order valence-electron chi connectivity index (χ0n) is 7.00. The molecule has 1 heterocycles. The number of rotatable bonds is 1. The van der Waals surface area contributed by atoms with Crippen LogP contribution in [-0.2, 0) is 9.05 Å². The summed E-state index contributed by atoms with van der Waals surface area (Å²) >= 11 is 3.00. The van der Waals surface area contributed by atoms with Crippen LogP contribution in [0.2, 0.25) is 0 Å². The Kier molecular flexibility index (Phi) is 2.52. The van der Waals surface area contributed by atoms with Crippen LogP contribution in [0.3, 0.4) is 0 Å². The Labute approximate surface area is 97.4 Å². The van der Waals surface area contributed by atoms with Crippen LogP contribution in [0.5, 0.6) is 0 Å². The number of hydrogen-bond donors (Lipinski definition) is 0. The lowest BCUT2D eigenvalue weighted by molar-refractivity contribution is 0.468. The van der Waals surface area contributed by atoms with Gasteiger partial charge in [0.2, 0.25) is 5.09 Å². The maximum Gasteiger partial charge on any atom is 0.295 e. The van der Waals surface area contributed by atoms with Gasteiger partial charge < -0.3 is 4.42 Å². The summed E-state index contributed by atoms with van der Waals surface area (Å²) in [6.07, 6.45) is 0. The highest BCUT2D eigenvalue weighted by Crippen LogP contribution is 2.36.